The van der Waals surface area contributed by atoms with Gasteiger partial charge < -0.3 is 15.2 Å². The van der Waals surface area contributed by atoms with Gasteiger partial charge in [0.15, 0.2) is 0 Å². The number of rotatable bonds is 7. The van der Waals surface area contributed by atoms with E-state index < -0.39 is 11.0 Å². The van der Waals surface area contributed by atoms with Crippen LogP contribution in [0.4, 0.5) is 11.4 Å². The topological polar surface area (TPSA) is 95.7 Å². The van der Waals surface area contributed by atoms with Crippen molar-refractivity contribution in [1.82, 2.24) is 4.90 Å². The van der Waals surface area contributed by atoms with E-state index in [-0.39, 0.29) is 17.8 Å². The summed E-state index contributed by atoms with van der Waals surface area (Å²) in [7, 11) is 0. The van der Waals surface area contributed by atoms with Crippen molar-refractivity contribution >= 4 is 17.7 Å². The van der Waals surface area contributed by atoms with Gasteiger partial charge in [0, 0.05) is 19.2 Å². The molecule has 0 aromatic heterocycles. The van der Waals surface area contributed by atoms with Crippen LogP contribution in [-0.4, -0.2) is 46.5 Å². The molecule has 2 unspecified atom stereocenters. The molecule has 0 bridgehead atoms. The molecule has 7 nitrogen and oxygen atoms in total. The number of para-hydroxylation sites is 2. The Balaban J connectivity index is 1.94. The Bertz CT molecular complexity index is 817. The quantitative estimate of drug-likeness (QED) is 0.433. The minimum atomic E-state index is -0.668. The maximum absolute atomic E-state index is 12.1. The average molecular weight is 383 g/mol. The van der Waals surface area contributed by atoms with Crippen molar-refractivity contribution in [3.05, 3.63) is 69.8 Å². The highest BCUT2D eigenvalue weighted by Crippen LogP contribution is 2.31. The fourth-order valence-corrected chi connectivity index (χ4v) is 3.69. The minimum Gasteiger partial charge on any atom is -0.393 e. The summed E-state index contributed by atoms with van der Waals surface area (Å²) in [5, 5.41) is 24.3. The van der Waals surface area contributed by atoms with Crippen molar-refractivity contribution in [3.8, 4) is 0 Å². The number of nitro groups is 1. The van der Waals surface area contributed by atoms with Gasteiger partial charge in [0.05, 0.1) is 17.1 Å². The van der Waals surface area contributed by atoms with Gasteiger partial charge in [-0.3, -0.25) is 15.0 Å². The molecule has 7 heteroatoms. The molecular formula is C21H25N3O4. The standard InChI is InChI=1S/C21H25N3O4/c1-15-6-8-16(9-7-15)21(23-12-10-17(26)11-13-23)19(14-25)22-18-4-2-3-5-20(18)24(27)28/h2-9,14,17,19,21-22,26H,10-13H2,1H3. The Morgan fingerprint density at radius 3 is 2.43 bits per heavy atom. The number of nitrogens with one attached hydrogen (secondary N) is 1. The number of hydrogen-bond acceptors (Lipinski definition) is 6. The molecule has 2 N–H and O–H groups in total. The van der Waals surface area contributed by atoms with Crippen LogP contribution in [0.5, 0.6) is 0 Å². The molecule has 0 amide bonds. The van der Waals surface area contributed by atoms with Crippen LogP contribution in [0, 0.1) is 17.0 Å². The lowest BCUT2D eigenvalue weighted by Gasteiger charge is -2.39. The minimum absolute atomic E-state index is 0.0638. The molecule has 2 atom stereocenters. The Morgan fingerprint density at radius 2 is 1.82 bits per heavy atom. The third-order valence-corrected chi connectivity index (χ3v) is 5.22. The van der Waals surface area contributed by atoms with Crippen molar-refractivity contribution in [1.29, 1.82) is 0 Å². The molecule has 0 aliphatic carbocycles. The second-order valence-electron chi connectivity index (χ2n) is 7.20. The van der Waals surface area contributed by atoms with Crippen molar-refractivity contribution in [2.75, 3.05) is 18.4 Å². The first-order valence-corrected chi connectivity index (χ1v) is 9.43. The molecule has 28 heavy (non-hydrogen) atoms. The highest BCUT2D eigenvalue weighted by Gasteiger charge is 2.32. The number of likely N-dealkylation sites (tertiary alicyclic amines) is 1. The van der Waals surface area contributed by atoms with Gasteiger partial charge in [-0.05, 0) is 31.4 Å². The Kier molecular flexibility index (Phi) is 6.38. The molecule has 0 radical (unpaired) electrons. The van der Waals surface area contributed by atoms with Crippen LogP contribution in [0.1, 0.15) is 30.0 Å². The van der Waals surface area contributed by atoms with Crippen LogP contribution in [-0.2, 0) is 4.79 Å². The monoisotopic (exact) mass is 383 g/mol. The number of anilines is 1. The second-order valence-corrected chi connectivity index (χ2v) is 7.20. The molecule has 3 rings (SSSR count). The Hall–Kier alpha value is -2.77. The molecule has 1 aliphatic rings. The summed E-state index contributed by atoms with van der Waals surface area (Å²) < 4.78 is 0. The molecule has 1 saturated heterocycles. The maximum Gasteiger partial charge on any atom is 0.292 e. The molecule has 0 saturated carbocycles. The lowest BCUT2D eigenvalue weighted by atomic mass is 9.94. The SMILES string of the molecule is Cc1ccc(C(C(C=O)Nc2ccccc2[N+](=O)[O-])N2CCC(O)CC2)cc1. The number of piperidine rings is 1. The van der Waals surface area contributed by atoms with Gasteiger partial charge in [0.1, 0.15) is 18.0 Å². The van der Waals surface area contributed by atoms with Crippen LogP contribution in [0.25, 0.3) is 0 Å². The fourth-order valence-electron chi connectivity index (χ4n) is 3.69. The van der Waals surface area contributed by atoms with E-state index in [9.17, 15) is 20.0 Å². The van der Waals surface area contributed by atoms with E-state index in [2.05, 4.69) is 10.2 Å². The first kappa shape index (κ1) is 20.0. The number of aliphatic hydroxyl groups is 1. The highest BCUT2D eigenvalue weighted by molar-refractivity contribution is 5.71. The molecule has 1 heterocycles. The molecular weight excluding hydrogens is 358 g/mol. The first-order chi connectivity index (χ1) is 13.5. The Labute approximate surface area is 164 Å². The predicted octanol–water partition coefficient (Wildman–Crippen LogP) is 3.08. The fraction of sp³-hybridized carbons (Fsp3) is 0.381. The normalized spacial score (nSPS) is 17.6. The summed E-state index contributed by atoms with van der Waals surface area (Å²) in [4.78, 5) is 25.1. The number of nitrogens with zero attached hydrogens (tertiary/aromatic N) is 2. The molecule has 1 aliphatic heterocycles. The largest absolute Gasteiger partial charge is 0.393 e. The van der Waals surface area contributed by atoms with Crippen molar-refractivity contribution in [2.24, 2.45) is 0 Å². The number of aldehydes is 1. The van der Waals surface area contributed by atoms with Gasteiger partial charge in [-0.25, -0.2) is 0 Å². The summed E-state index contributed by atoms with van der Waals surface area (Å²) >= 11 is 0. The summed E-state index contributed by atoms with van der Waals surface area (Å²) in [5.41, 5.74) is 2.33. The Morgan fingerprint density at radius 1 is 1.18 bits per heavy atom. The van der Waals surface area contributed by atoms with Gasteiger partial charge in [-0.1, -0.05) is 42.0 Å². The van der Waals surface area contributed by atoms with Gasteiger partial charge in [-0.15, -0.1) is 0 Å². The summed E-state index contributed by atoms with van der Waals surface area (Å²) in [6.45, 7) is 3.31. The van der Waals surface area contributed by atoms with E-state index >= 15 is 0 Å². The van der Waals surface area contributed by atoms with E-state index in [1.165, 1.54) is 6.07 Å². The van der Waals surface area contributed by atoms with Crippen LogP contribution >= 0.6 is 0 Å². The summed E-state index contributed by atoms with van der Waals surface area (Å²) in [6.07, 6.45) is 1.76. The van der Waals surface area contributed by atoms with E-state index in [4.69, 9.17) is 0 Å². The maximum atomic E-state index is 12.1. The van der Waals surface area contributed by atoms with Crippen LogP contribution in [0.3, 0.4) is 0 Å². The van der Waals surface area contributed by atoms with Gasteiger partial charge in [-0.2, -0.15) is 0 Å². The van der Waals surface area contributed by atoms with Crippen molar-refractivity contribution < 1.29 is 14.8 Å². The van der Waals surface area contributed by atoms with E-state index in [0.717, 1.165) is 17.4 Å². The zero-order valence-corrected chi connectivity index (χ0v) is 15.8. The lowest BCUT2D eigenvalue weighted by molar-refractivity contribution is -0.384. The van der Waals surface area contributed by atoms with Gasteiger partial charge >= 0.3 is 0 Å². The van der Waals surface area contributed by atoms with E-state index in [1.807, 2.05) is 31.2 Å². The molecule has 1 fully saturated rings. The third kappa shape index (κ3) is 4.55. The molecule has 148 valence electrons. The van der Waals surface area contributed by atoms with Crippen molar-refractivity contribution in [3.63, 3.8) is 0 Å². The lowest BCUT2D eigenvalue weighted by Crippen LogP contribution is -2.46. The number of carbonyl (C=O) groups is 1. The number of aryl methyl sites for hydroxylation is 1. The number of benzene rings is 2. The summed E-state index contributed by atoms with van der Waals surface area (Å²) in [6, 6.07) is 13.3. The first-order valence-electron chi connectivity index (χ1n) is 9.43. The summed E-state index contributed by atoms with van der Waals surface area (Å²) in [5.74, 6) is 0. The second kappa shape index (κ2) is 8.95. The van der Waals surface area contributed by atoms with Gasteiger partial charge in [0.2, 0.25) is 0 Å². The van der Waals surface area contributed by atoms with E-state index in [1.54, 1.807) is 18.2 Å². The smallest absolute Gasteiger partial charge is 0.292 e. The van der Waals surface area contributed by atoms with Crippen LogP contribution in [0.2, 0.25) is 0 Å². The number of nitro benzene ring substituents is 1. The van der Waals surface area contributed by atoms with Crippen molar-refractivity contribution in [2.45, 2.75) is 38.0 Å². The molecule has 2 aromatic rings. The highest BCUT2D eigenvalue weighted by atomic mass is 16.6. The molecule has 2 aromatic carbocycles. The van der Waals surface area contributed by atoms with Gasteiger partial charge in [0.25, 0.3) is 5.69 Å². The third-order valence-electron chi connectivity index (χ3n) is 5.22. The number of aliphatic hydroxyl groups excluding tert-OH is 1. The predicted molar refractivity (Wildman–Crippen MR) is 107 cm³/mol. The zero-order valence-electron chi connectivity index (χ0n) is 15.8. The zero-order chi connectivity index (χ0) is 20.1. The number of hydrogen-bond donors (Lipinski definition) is 2. The number of carbonyl (C=O) groups excluding carboxylic acids is 1. The van der Waals surface area contributed by atoms with Crippen LogP contribution < -0.4 is 5.32 Å². The average Bonchev–Trinajstić information content (AvgIpc) is 2.70. The van der Waals surface area contributed by atoms with Crippen LogP contribution in [0.15, 0.2) is 48.5 Å². The van der Waals surface area contributed by atoms with E-state index in [0.29, 0.717) is 31.6 Å². The molecule has 0 spiro atoms.